The average molecular weight is 371 g/mol. The maximum absolute atomic E-state index is 13.1. The first kappa shape index (κ1) is 17.8. The topological polar surface area (TPSA) is 87.7 Å². The van der Waals surface area contributed by atoms with Crippen LogP contribution in [0.4, 0.5) is 4.79 Å². The molecule has 1 spiro atoms. The molecule has 0 unspecified atom stereocenters. The second-order valence-electron chi connectivity index (χ2n) is 7.58. The number of hydrogen-bond acceptors (Lipinski definition) is 4. The number of urea groups is 1. The molecule has 1 aliphatic carbocycles. The van der Waals surface area contributed by atoms with Crippen molar-refractivity contribution in [2.24, 2.45) is 0 Å². The van der Waals surface area contributed by atoms with Crippen molar-refractivity contribution in [3.63, 3.8) is 0 Å². The maximum atomic E-state index is 13.1. The predicted molar refractivity (Wildman–Crippen MR) is 98.1 cm³/mol. The van der Waals surface area contributed by atoms with Gasteiger partial charge in [-0.2, -0.15) is 0 Å². The Morgan fingerprint density at radius 3 is 2.70 bits per heavy atom. The molecule has 2 heterocycles. The number of carbonyl (C=O) groups is 3. The molecule has 27 heavy (non-hydrogen) atoms. The normalized spacial score (nSPS) is 25.6. The minimum Gasteiger partial charge on any atom is -0.493 e. The van der Waals surface area contributed by atoms with Crippen molar-refractivity contribution < 1.29 is 19.1 Å². The Morgan fingerprint density at radius 2 is 1.93 bits per heavy atom. The predicted octanol–water partition coefficient (Wildman–Crippen LogP) is 2.06. The molecule has 0 radical (unpaired) electrons. The molecule has 4 rings (SSSR count). The van der Waals surface area contributed by atoms with Crippen LogP contribution >= 0.6 is 0 Å². The molecular formula is C20H25N3O4. The lowest BCUT2D eigenvalue weighted by Gasteiger charge is -2.33. The third-order valence-corrected chi connectivity index (χ3v) is 5.78. The van der Waals surface area contributed by atoms with Gasteiger partial charge < -0.3 is 15.4 Å². The Kier molecular flexibility index (Phi) is 4.76. The summed E-state index contributed by atoms with van der Waals surface area (Å²) in [5.41, 5.74) is -0.476. The van der Waals surface area contributed by atoms with Gasteiger partial charge in [-0.1, -0.05) is 43.9 Å². The van der Waals surface area contributed by atoms with Gasteiger partial charge in [0.1, 0.15) is 12.3 Å². The number of rotatable bonds is 3. The van der Waals surface area contributed by atoms with Crippen LogP contribution in [0.25, 0.3) is 0 Å². The summed E-state index contributed by atoms with van der Waals surface area (Å²) in [4.78, 5) is 39.2. The highest BCUT2D eigenvalue weighted by Gasteiger charge is 2.55. The number of nitrogens with zero attached hydrogens (tertiary/aromatic N) is 1. The minimum absolute atomic E-state index is 0.138. The van der Waals surface area contributed by atoms with Crippen LogP contribution in [0.3, 0.4) is 0 Å². The zero-order valence-electron chi connectivity index (χ0n) is 15.3. The summed E-state index contributed by atoms with van der Waals surface area (Å²) in [5, 5.41) is 5.82. The Balaban J connectivity index is 1.48. The number of para-hydroxylation sites is 1. The van der Waals surface area contributed by atoms with Gasteiger partial charge in [0.05, 0.1) is 6.61 Å². The molecule has 1 saturated carbocycles. The quantitative estimate of drug-likeness (QED) is 0.629. The lowest BCUT2D eigenvalue weighted by atomic mass is 9.84. The SMILES string of the molecule is O=C(CN1C(=O)N[C@]2(CCOc3ccccc32)C1=O)NC1CCCCCC1. The summed E-state index contributed by atoms with van der Waals surface area (Å²) in [6.07, 6.45) is 6.88. The molecule has 7 nitrogen and oxygen atoms in total. The van der Waals surface area contributed by atoms with Crippen molar-refractivity contribution in [1.82, 2.24) is 15.5 Å². The summed E-state index contributed by atoms with van der Waals surface area (Å²) in [6, 6.07) is 6.85. The van der Waals surface area contributed by atoms with Gasteiger partial charge in [0.25, 0.3) is 5.91 Å². The van der Waals surface area contributed by atoms with Gasteiger partial charge in [-0.05, 0) is 18.9 Å². The summed E-state index contributed by atoms with van der Waals surface area (Å²) in [6.45, 7) is 0.0943. The van der Waals surface area contributed by atoms with E-state index in [4.69, 9.17) is 4.74 Å². The Labute approximate surface area is 158 Å². The number of fused-ring (bicyclic) bond motifs is 2. The van der Waals surface area contributed by atoms with Crippen LogP contribution in [0.2, 0.25) is 0 Å². The van der Waals surface area contributed by atoms with Gasteiger partial charge in [0, 0.05) is 18.0 Å². The smallest absolute Gasteiger partial charge is 0.325 e. The second kappa shape index (κ2) is 7.21. The largest absolute Gasteiger partial charge is 0.493 e. The van der Waals surface area contributed by atoms with Gasteiger partial charge in [-0.3, -0.25) is 14.5 Å². The molecule has 2 fully saturated rings. The van der Waals surface area contributed by atoms with Gasteiger partial charge >= 0.3 is 6.03 Å². The van der Waals surface area contributed by atoms with E-state index in [1.54, 1.807) is 12.1 Å². The van der Waals surface area contributed by atoms with E-state index in [2.05, 4.69) is 10.6 Å². The van der Waals surface area contributed by atoms with Gasteiger partial charge in [-0.25, -0.2) is 4.79 Å². The average Bonchev–Trinajstić information content (AvgIpc) is 2.85. The molecule has 3 aliphatic rings. The number of ether oxygens (including phenoxy) is 1. The molecule has 1 saturated heterocycles. The Bertz CT molecular complexity index is 757. The number of amides is 4. The van der Waals surface area contributed by atoms with Crippen molar-refractivity contribution >= 4 is 17.8 Å². The van der Waals surface area contributed by atoms with Crippen LogP contribution < -0.4 is 15.4 Å². The van der Waals surface area contributed by atoms with Gasteiger partial charge in [0.2, 0.25) is 5.91 Å². The molecule has 2 aliphatic heterocycles. The van der Waals surface area contributed by atoms with Crippen LogP contribution in [-0.4, -0.2) is 41.9 Å². The summed E-state index contributed by atoms with van der Waals surface area (Å²) < 4.78 is 5.62. The van der Waals surface area contributed by atoms with E-state index in [-0.39, 0.29) is 24.4 Å². The third kappa shape index (κ3) is 3.26. The molecule has 0 aromatic heterocycles. The maximum Gasteiger partial charge on any atom is 0.325 e. The third-order valence-electron chi connectivity index (χ3n) is 5.78. The van der Waals surface area contributed by atoms with Crippen molar-refractivity contribution in [3.8, 4) is 5.75 Å². The fraction of sp³-hybridized carbons (Fsp3) is 0.550. The van der Waals surface area contributed by atoms with Crippen LogP contribution in [0.15, 0.2) is 24.3 Å². The highest BCUT2D eigenvalue weighted by Crippen LogP contribution is 2.40. The standard InChI is InChI=1S/C20H25N3O4/c24-17(21-14-7-3-1-2-4-8-14)13-23-18(25)20(22-19(23)26)11-12-27-16-10-6-5-9-15(16)20/h5-6,9-10,14H,1-4,7-8,11-13H2,(H,21,24)(H,22,26)/t20-/m0/s1. The number of carbonyl (C=O) groups excluding carboxylic acids is 3. The van der Waals surface area contributed by atoms with E-state index >= 15 is 0 Å². The van der Waals surface area contributed by atoms with Crippen molar-refractivity contribution in [3.05, 3.63) is 29.8 Å². The van der Waals surface area contributed by atoms with Crippen LogP contribution in [-0.2, 0) is 15.1 Å². The first-order chi connectivity index (χ1) is 13.1. The van der Waals surface area contributed by atoms with Crippen LogP contribution in [0.5, 0.6) is 5.75 Å². The van der Waals surface area contributed by atoms with E-state index < -0.39 is 11.6 Å². The molecule has 4 amide bonds. The lowest BCUT2D eigenvalue weighted by Crippen LogP contribution is -2.48. The van der Waals surface area contributed by atoms with Crippen LogP contribution in [0, 0.1) is 0 Å². The van der Waals surface area contributed by atoms with Crippen molar-refractivity contribution in [2.45, 2.75) is 56.5 Å². The summed E-state index contributed by atoms with van der Waals surface area (Å²) >= 11 is 0. The van der Waals surface area contributed by atoms with E-state index in [0.29, 0.717) is 24.3 Å². The highest BCUT2D eigenvalue weighted by atomic mass is 16.5. The van der Waals surface area contributed by atoms with E-state index in [9.17, 15) is 14.4 Å². The molecule has 1 aromatic rings. The number of benzene rings is 1. The van der Waals surface area contributed by atoms with Crippen molar-refractivity contribution in [1.29, 1.82) is 0 Å². The Hall–Kier alpha value is -2.57. The molecule has 7 heteroatoms. The molecule has 1 aromatic carbocycles. The first-order valence-electron chi connectivity index (χ1n) is 9.76. The molecule has 1 atom stereocenters. The van der Waals surface area contributed by atoms with Gasteiger partial charge in [-0.15, -0.1) is 0 Å². The van der Waals surface area contributed by atoms with E-state index in [1.165, 1.54) is 12.8 Å². The van der Waals surface area contributed by atoms with Gasteiger partial charge in [0.15, 0.2) is 5.54 Å². The van der Waals surface area contributed by atoms with E-state index in [0.717, 1.165) is 30.6 Å². The molecule has 0 bridgehead atoms. The van der Waals surface area contributed by atoms with Crippen LogP contribution in [0.1, 0.15) is 50.5 Å². The second-order valence-corrected chi connectivity index (χ2v) is 7.58. The Morgan fingerprint density at radius 1 is 1.19 bits per heavy atom. The number of hydrogen-bond donors (Lipinski definition) is 2. The first-order valence-corrected chi connectivity index (χ1v) is 9.76. The summed E-state index contributed by atoms with van der Waals surface area (Å²) in [7, 11) is 0. The fourth-order valence-electron chi connectivity index (χ4n) is 4.36. The minimum atomic E-state index is -1.13. The molecular weight excluding hydrogens is 346 g/mol. The number of imide groups is 1. The highest BCUT2D eigenvalue weighted by molar-refractivity contribution is 6.09. The monoisotopic (exact) mass is 371 g/mol. The van der Waals surface area contributed by atoms with E-state index in [1.807, 2.05) is 12.1 Å². The zero-order valence-corrected chi connectivity index (χ0v) is 15.3. The molecule has 2 N–H and O–H groups in total. The molecule has 144 valence electrons. The fourth-order valence-corrected chi connectivity index (χ4v) is 4.36. The summed E-state index contributed by atoms with van der Waals surface area (Å²) in [5.74, 6) is -0.0516. The zero-order chi connectivity index (χ0) is 18.9. The number of nitrogens with one attached hydrogen (secondary N) is 2. The van der Waals surface area contributed by atoms with Crippen molar-refractivity contribution in [2.75, 3.05) is 13.2 Å². The lowest BCUT2D eigenvalue weighted by molar-refractivity contribution is -0.136.